The first kappa shape index (κ1) is 32.8. The Morgan fingerprint density at radius 2 is 1.05 bits per heavy atom. The number of fused-ring (bicyclic) bond motifs is 13. The molecule has 274 valence electrons. The number of anilines is 2. The molecule has 0 radical (unpaired) electrons. The second-order valence-corrected chi connectivity index (χ2v) is 15.4. The summed E-state index contributed by atoms with van der Waals surface area (Å²) in [5.41, 5.74) is 17.3. The zero-order valence-corrected chi connectivity index (χ0v) is 31.7. The van der Waals surface area contributed by atoms with Crippen molar-refractivity contribution in [1.29, 1.82) is 0 Å². The van der Waals surface area contributed by atoms with Gasteiger partial charge in [0.15, 0.2) is 23.0 Å². The van der Waals surface area contributed by atoms with Crippen molar-refractivity contribution < 1.29 is 9.47 Å². The Balaban J connectivity index is 1.04. The van der Waals surface area contributed by atoms with Crippen molar-refractivity contribution >= 4 is 11.4 Å². The van der Waals surface area contributed by atoms with Crippen LogP contribution < -0.4 is 14.4 Å². The number of hydrogen-bond acceptors (Lipinski definition) is 3. The standard InChI is InChI=1S/C55H37NO2/c1-4-17-36(18-5-1)38-31-33-48(43(35-38)37-19-6-2-7-20-37)56(39-21-8-3-9-22-39)49-29-16-30-50-53(49)57-51-34-32-47-52(54(51)58-50)42-25-12-15-28-46(42)55(47)44-26-13-10-23-40(44)41-24-11-14-27-45(41)55/h1-8,10-21,23-35H,9,22H2. The number of ether oxygens (including phenoxy) is 2. The van der Waals surface area contributed by atoms with Gasteiger partial charge < -0.3 is 14.4 Å². The van der Waals surface area contributed by atoms with Gasteiger partial charge in [-0.1, -0.05) is 164 Å². The lowest BCUT2D eigenvalue weighted by atomic mass is 9.70. The van der Waals surface area contributed by atoms with E-state index in [9.17, 15) is 0 Å². The molecule has 0 amide bonds. The van der Waals surface area contributed by atoms with E-state index in [2.05, 4.69) is 199 Å². The summed E-state index contributed by atoms with van der Waals surface area (Å²) in [5.74, 6) is 2.87. The van der Waals surface area contributed by atoms with Crippen molar-refractivity contribution in [1.82, 2.24) is 0 Å². The maximum Gasteiger partial charge on any atom is 0.194 e. The summed E-state index contributed by atoms with van der Waals surface area (Å²) < 4.78 is 14.3. The average Bonchev–Trinajstić information content (AvgIpc) is 3.77. The SMILES string of the molecule is C1=CCCC(N(c2ccc(-c3ccccc3)cc2-c2ccccc2)c2cccc3c2Oc2ccc4c(c2O3)-c2ccccc2C42c3ccccc3-c3ccccc32)=C1. The Bertz CT molecular complexity index is 2970. The van der Waals surface area contributed by atoms with Crippen LogP contribution >= 0.6 is 0 Å². The molecule has 8 aromatic carbocycles. The van der Waals surface area contributed by atoms with E-state index < -0.39 is 5.41 Å². The van der Waals surface area contributed by atoms with Gasteiger partial charge in [0.2, 0.25) is 0 Å². The normalized spacial score (nSPS) is 14.5. The second-order valence-electron chi connectivity index (χ2n) is 15.4. The summed E-state index contributed by atoms with van der Waals surface area (Å²) in [4.78, 5) is 2.39. The van der Waals surface area contributed by atoms with Crippen LogP contribution in [0.25, 0.3) is 44.5 Å². The van der Waals surface area contributed by atoms with Crippen LogP contribution in [-0.4, -0.2) is 0 Å². The van der Waals surface area contributed by atoms with Crippen LogP contribution in [0.1, 0.15) is 35.1 Å². The van der Waals surface area contributed by atoms with E-state index in [1.165, 1.54) is 55.8 Å². The molecular weight excluding hydrogens is 707 g/mol. The third-order valence-electron chi connectivity index (χ3n) is 12.4. The van der Waals surface area contributed by atoms with Gasteiger partial charge in [0, 0.05) is 16.8 Å². The molecule has 1 heterocycles. The third-order valence-corrected chi connectivity index (χ3v) is 12.4. The van der Waals surface area contributed by atoms with Crippen LogP contribution in [0.15, 0.2) is 206 Å². The number of rotatable bonds is 5. The number of allylic oxidation sites excluding steroid dienone is 4. The molecule has 3 aliphatic carbocycles. The molecular formula is C55H37NO2. The van der Waals surface area contributed by atoms with E-state index in [1.54, 1.807) is 0 Å². The molecule has 0 aromatic heterocycles. The van der Waals surface area contributed by atoms with Crippen LogP contribution in [0.3, 0.4) is 0 Å². The maximum atomic E-state index is 7.18. The molecule has 0 N–H and O–H groups in total. The van der Waals surface area contributed by atoms with Gasteiger partial charge in [0.25, 0.3) is 0 Å². The second kappa shape index (κ2) is 12.8. The molecule has 0 unspecified atom stereocenters. The predicted molar refractivity (Wildman–Crippen MR) is 235 cm³/mol. The average molecular weight is 744 g/mol. The van der Waals surface area contributed by atoms with Crippen molar-refractivity contribution in [3.8, 4) is 67.5 Å². The maximum absolute atomic E-state index is 7.18. The molecule has 58 heavy (non-hydrogen) atoms. The lowest BCUT2D eigenvalue weighted by Gasteiger charge is -2.34. The number of nitrogens with zero attached hydrogens (tertiary/aromatic N) is 1. The Kier molecular flexibility index (Phi) is 7.27. The zero-order valence-electron chi connectivity index (χ0n) is 31.7. The zero-order chi connectivity index (χ0) is 38.2. The highest BCUT2D eigenvalue weighted by atomic mass is 16.6. The van der Waals surface area contributed by atoms with Crippen LogP contribution in [0, 0.1) is 0 Å². The summed E-state index contributed by atoms with van der Waals surface area (Å²) in [5, 5.41) is 0. The monoisotopic (exact) mass is 743 g/mol. The molecule has 0 atom stereocenters. The Hall–Kier alpha value is -7.36. The fourth-order valence-electron chi connectivity index (χ4n) is 10.0. The van der Waals surface area contributed by atoms with Gasteiger partial charge in [-0.3, -0.25) is 0 Å². The van der Waals surface area contributed by atoms with Gasteiger partial charge in [-0.15, -0.1) is 0 Å². The molecule has 0 saturated heterocycles. The minimum absolute atomic E-state index is 0.461. The first-order valence-corrected chi connectivity index (χ1v) is 20.2. The highest BCUT2D eigenvalue weighted by Gasteiger charge is 2.53. The van der Waals surface area contributed by atoms with Gasteiger partial charge in [-0.2, -0.15) is 0 Å². The number of para-hydroxylation sites is 1. The van der Waals surface area contributed by atoms with Crippen LogP contribution in [-0.2, 0) is 5.41 Å². The summed E-state index contributed by atoms with van der Waals surface area (Å²) in [7, 11) is 0. The van der Waals surface area contributed by atoms with Crippen molar-refractivity contribution in [2.24, 2.45) is 0 Å². The first-order valence-electron chi connectivity index (χ1n) is 20.2. The lowest BCUT2D eigenvalue weighted by Crippen LogP contribution is -2.25. The van der Waals surface area contributed by atoms with Crippen LogP contribution in [0.4, 0.5) is 11.4 Å². The number of hydrogen-bond donors (Lipinski definition) is 0. The lowest BCUT2D eigenvalue weighted by molar-refractivity contribution is 0.361. The molecule has 4 aliphatic rings. The Morgan fingerprint density at radius 1 is 0.431 bits per heavy atom. The van der Waals surface area contributed by atoms with Crippen molar-refractivity contribution in [2.45, 2.75) is 18.3 Å². The van der Waals surface area contributed by atoms with Gasteiger partial charge in [0.1, 0.15) is 0 Å². The Labute approximate surface area is 338 Å². The first-order chi connectivity index (χ1) is 28.8. The largest absolute Gasteiger partial charge is 0.449 e. The molecule has 0 bridgehead atoms. The summed E-state index contributed by atoms with van der Waals surface area (Å²) in [6.45, 7) is 0. The van der Waals surface area contributed by atoms with Crippen molar-refractivity contribution in [3.05, 3.63) is 228 Å². The summed E-state index contributed by atoms with van der Waals surface area (Å²) >= 11 is 0. The van der Waals surface area contributed by atoms with E-state index >= 15 is 0 Å². The molecule has 12 rings (SSSR count). The fourth-order valence-corrected chi connectivity index (χ4v) is 10.0. The molecule has 0 saturated carbocycles. The van der Waals surface area contributed by atoms with E-state index in [0.717, 1.165) is 46.7 Å². The molecule has 1 aliphatic heterocycles. The molecule has 1 spiro atoms. The topological polar surface area (TPSA) is 21.7 Å². The van der Waals surface area contributed by atoms with E-state index in [1.807, 2.05) is 6.07 Å². The van der Waals surface area contributed by atoms with Gasteiger partial charge >= 0.3 is 0 Å². The quantitative estimate of drug-likeness (QED) is 0.175. The van der Waals surface area contributed by atoms with E-state index in [0.29, 0.717) is 17.2 Å². The highest BCUT2D eigenvalue weighted by molar-refractivity contribution is 5.98. The fraction of sp³-hybridized carbons (Fsp3) is 0.0545. The summed E-state index contributed by atoms with van der Waals surface area (Å²) in [6, 6.07) is 65.5. The molecule has 8 aromatic rings. The predicted octanol–water partition coefficient (Wildman–Crippen LogP) is 14.6. The molecule has 3 heteroatoms. The van der Waals surface area contributed by atoms with E-state index in [-0.39, 0.29) is 0 Å². The van der Waals surface area contributed by atoms with Gasteiger partial charge in [-0.25, -0.2) is 0 Å². The van der Waals surface area contributed by atoms with Gasteiger partial charge in [0.05, 0.1) is 16.8 Å². The summed E-state index contributed by atoms with van der Waals surface area (Å²) in [6.07, 6.45) is 8.49. The van der Waals surface area contributed by atoms with E-state index in [4.69, 9.17) is 9.47 Å². The smallest absolute Gasteiger partial charge is 0.194 e. The minimum atomic E-state index is -0.461. The van der Waals surface area contributed by atoms with Gasteiger partial charge in [-0.05, 0) is 105 Å². The molecule has 3 nitrogen and oxygen atoms in total. The van der Waals surface area contributed by atoms with Crippen LogP contribution in [0.2, 0.25) is 0 Å². The third kappa shape index (κ3) is 4.68. The molecule has 0 fully saturated rings. The minimum Gasteiger partial charge on any atom is -0.449 e. The van der Waals surface area contributed by atoms with Crippen molar-refractivity contribution in [2.75, 3.05) is 4.90 Å². The number of benzene rings is 8. The van der Waals surface area contributed by atoms with Crippen molar-refractivity contribution in [3.63, 3.8) is 0 Å². The Morgan fingerprint density at radius 3 is 1.76 bits per heavy atom. The van der Waals surface area contributed by atoms with Crippen LogP contribution in [0.5, 0.6) is 23.0 Å². The highest BCUT2D eigenvalue weighted by Crippen LogP contribution is 2.66.